The van der Waals surface area contributed by atoms with Crippen LogP contribution in [0, 0.1) is 6.92 Å². The number of hydrogen-bond donors (Lipinski definition) is 1. The summed E-state index contributed by atoms with van der Waals surface area (Å²) in [6, 6.07) is 8.24. The van der Waals surface area contributed by atoms with Gasteiger partial charge in [0.15, 0.2) is 15.5 Å². The molecule has 0 bridgehead atoms. The summed E-state index contributed by atoms with van der Waals surface area (Å²) in [6.07, 6.45) is 3.41. The fraction of sp³-hybridized carbons (Fsp3) is 0.278. The zero-order chi connectivity index (χ0) is 18.9. The van der Waals surface area contributed by atoms with Crippen LogP contribution in [0.3, 0.4) is 0 Å². The van der Waals surface area contributed by atoms with Crippen molar-refractivity contribution in [3.8, 4) is 0 Å². The van der Waals surface area contributed by atoms with Crippen LogP contribution in [0.5, 0.6) is 0 Å². The van der Waals surface area contributed by atoms with Crippen molar-refractivity contribution in [1.29, 1.82) is 0 Å². The normalized spacial score (nSPS) is 11.8. The van der Waals surface area contributed by atoms with E-state index in [0.717, 1.165) is 11.3 Å². The van der Waals surface area contributed by atoms with E-state index in [-0.39, 0.29) is 17.2 Å². The quantitative estimate of drug-likeness (QED) is 0.742. The van der Waals surface area contributed by atoms with E-state index in [0.29, 0.717) is 11.3 Å². The third-order valence-corrected chi connectivity index (χ3v) is 6.13. The van der Waals surface area contributed by atoms with E-state index in [2.05, 4.69) is 15.4 Å². The fourth-order valence-corrected chi connectivity index (χ4v) is 3.58. The molecule has 7 nitrogen and oxygen atoms in total. The first-order chi connectivity index (χ1) is 12.3. The Morgan fingerprint density at radius 2 is 1.92 bits per heavy atom. The van der Waals surface area contributed by atoms with Gasteiger partial charge in [0.05, 0.1) is 40.3 Å². The Kier molecular flexibility index (Phi) is 4.78. The molecular formula is C18H20N4O3S. The Balaban J connectivity index is 1.69. The van der Waals surface area contributed by atoms with Gasteiger partial charge in [-0.3, -0.25) is 4.79 Å². The van der Waals surface area contributed by atoms with E-state index in [1.165, 1.54) is 12.1 Å². The second-order valence-electron chi connectivity index (χ2n) is 6.39. The standard InChI is InChI=1S/C18H20N4O3S/c1-12(2)26(24,25)16-6-4-14(5-7-16)9-18(23)20-15-10-19-17-8-13(3)21-22(17)11-15/h4-8,10-12H,9H2,1-3H3,(H,20,23). The van der Waals surface area contributed by atoms with Gasteiger partial charge in [0.2, 0.25) is 5.91 Å². The molecule has 0 aliphatic rings. The highest BCUT2D eigenvalue weighted by molar-refractivity contribution is 7.92. The Labute approximate surface area is 152 Å². The molecule has 0 radical (unpaired) electrons. The predicted octanol–water partition coefficient (Wildman–Crippen LogP) is 2.40. The number of hydrogen-bond acceptors (Lipinski definition) is 5. The third kappa shape index (κ3) is 3.75. The molecule has 2 aromatic heterocycles. The molecule has 0 unspecified atom stereocenters. The summed E-state index contributed by atoms with van der Waals surface area (Å²) in [7, 11) is -3.31. The Morgan fingerprint density at radius 1 is 1.23 bits per heavy atom. The number of carbonyl (C=O) groups is 1. The average molecular weight is 372 g/mol. The molecule has 0 atom stereocenters. The second-order valence-corrected chi connectivity index (χ2v) is 8.90. The van der Waals surface area contributed by atoms with E-state index >= 15 is 0 Å². The Morgan fingerprint density at radius 3 is 2.58 bits per heavy atom. The Bertz CT molecular complexity index is 1050. The van der Waals surface area contributed by atoms with Gasteiger partial charge in [0, 0.05) is 6.07 Å². The molecule has 3 rings (SSSR count). The summed E-state index contributed by atoms with van der Waals surface area (Å²) >= 11 is 0. The van der Waals surface area contributed by atoms with Gasteiger partial charge in [-0.25, -0.2) is 17.9 Å². The number of amides is 1. The van der Waals surface area contributed by atoms with Crippen molar-refractivity contribution in [2.75, 3.05) is 5.32 Å². The summed E-state index contributed by atoms with van der Waals surface area (Å²) in [5.41, 5.74) is 2.83. The minimum absolute atomic E-state index is 0.137. The molecule has 0 saturated heterocycles. The summed E-state index contributed by atoms with van der Waals surface area (Å²) in [6.45, 7) is 5.15. The van der Waals surface area contributed by atoms with Crippen LogP contribution in [-0.4, -0.2) is 34.2 Å². The molecular weight excluding hydrogens is 352 g/mol. The third-order valence-electron chi connectivity index (χ3n) is 3.96. The molecule has 1 N–H and O–H groups in total. The molecule has 26 heavy (non-hydrogen) atoms. The van der Waals surface area contributed by atoms with Gasteiger partial charge >= 0.3 is 0 Å². The van der Waals surface area contributed by atoms with Gasteiger partial charge in [-0.05, 0) is 38.5 Å². The van der Waals surface area contributed by atoms with Crippen LogP contribution < -0.4 is 5.32 Å². The smallest absolute Gasteiger partial charge is 0.228 e. The summed E-state index contributed by atoms with van der Waals surface area (Å²) in [5.74, 6) is -0.213. The zero-order valence-electron chi connectivity index (χ0n) is 14.8. The maximum atomic E-state index is 12.2. The summed E-state index contributed by atoms with van der Waals surface area (Å²) in [5, 5.41) is 6.55. The number of aryl methyl sites for hydroxylation is 1. The number of nitrogens with one attached hydrogen (secondary N) is 1. The van der Waals surface area contributed by atoms with Crippen molar-refractivity contribution >= 4 is 27.1 Å². The lowest BCUT2D eigenvalue weighted by Gasteiger charge is -2.09. The van der Waals surface area contributed by atoms with Crippen LogP contribution in [0.15, 0.2) is 47.6 Å². The molecule has 1 aromatic carbocycles. The highest BCUT2D eigenvalue weighted by Crippen LogP contribution is 2.17. The van der Waals surface area contributed by atoms with Crippen molar-refractivity contribution in [3.05, 3.63) is 54.0 Å². The molecule has 136 valence electrons. The molecule has 8 heteroatoms. The lowest BCUT2D eigenvalue weighted by molar-refractivity contribution is -0.115. The fourth-order valence-electron chi connectivity index (χ4n) is 2.52. The molecule has 0 aliphatic heterocycles. The van der Waals surface area contributed by atoms with Crippen molar-refractivity contribution < 1.29 is 13.2 Å². The first-order valence-corrected chi connectivity index (χ1v) is 9.75. The number of nitrogens with zero attached hydrogens (tertiary/aromatic N) is 3. The molecule has 2 heterocycles. The lowest BCUT2D eigenvalue weighted by Crippen LogP contribution is -2.16. The van der Waals surface area contributed by atoms with E-state index in [1.807, 2.05) is 13.0 Å². The summed E-state index contributed by atoms with van der Waals surface area (Å²) in [4.78, 5) is 16.7. The maximum Gasteiger partial charge on any atom is 0.228 e. The number of rotatable bonds is 5. The number of benzene rings is 1. The minimum atomic E-state index is -3.31. The van der Waals surface area contributed by atoms with E-state index in [9.17, 15) is 13.2 Å². The number of aromatic nitrogens is 3. The SMILES string of the molecule is Cc1cc2ncc(NC(=O)Cc3ccc(S(=O)(=O)C(C)C)cc3)cn2n1. The van der Waals surface area contributed by atoms with Crippen molar-refractivity contribution in [3.63, 3.8) is 0 Å². The minimum Gasteiger partial charge on any atom is -0.323 e. The number of sulfone groups is 1. The Hall–Kier alpha value is -2.74. The van der Waals surface area contributed by atoms with Crippen molar-refractivity contribution in [2.45, 2.75) is 37.3 Å². The monoisotopic (exact) mass is 372 g/mol. The number of carbonyl (C=O) groups excluding carboxylic acids is 1. The largest absolute Gasteiger partial charge is 0.323 e. The maximum absolute atomic E-state index is 12.2. The van der Waals surface area contributed by atoms with Gasteiger partial charge in [-0.2, -0.15) is 5.10 Å². The highest BCUT2D eigenvalue weighted by Gasteiger charge is 2.18. The first kappa shape index (κ1) is 18.1. The van der Waals surface area contributed by atoms with Crippen LogP contribution >= 0.6 is 0 Å². The van der Waals surface area contributed by atoms with Gasteiger partial charge < -0.3 is 5.32 Å². The topological polar surface area (TPSA) is 93.4 Å². The zero-order valence-corrected chi connectivity index (χ0v) is 15.6. The second kappa shape index (κ2) is 6.87. The lowest BCUT2D eigenvalue weighted by atomic mass is 10.1. The van der Waals surface area contributed by atoms with Crippen LogP contribution in [0.4, 0.5) is 5.69 Å². The summed E-state index contributed by atoms with van der Waals surface area (Å²) < 4.78 is 25.8. The van der Waals surface area contributed by atoms with Crippen LogP contribution in [0.2, 0.25) is 0 Å². The number of fused-ring (bicyclic) bond motifs is 1. The number of anilines is 1. The predicted molar refractivity (Wildman–Crippen MR) is 98.8 cm³/mol. The molecule has 3 aromatic rings. The van der Waals surface area contributed by atoms with Gasteiger partial charge in [0.1, 0.15) is 0 Å². The van der Waals surface area contributed by atoms with Gasteiger partial charge in [0.25, 0.3) is 0 Å². The molecule has 0 aliphatic carbocycles. The first-order valence-electron chi connectivity index (χ1n) is 8.20. The molecule has 0 spiro atoms. The van der Waals surface area contributed by atoms with E-state index < -0.39 is 15.1 Å². The van der Waals surface area contributed by atoms with Gasteiger partial charge in [-0.1, -0.05) is 12.1 Å². The van der Waals surface area contributed by atoms with Crippen molar-refractivity contribution in [2.24, 2.45) is 0 Å². The van der Waals surface area contributed by atoms with Crippen LogP contribution in [0.25, 0.3) is 5.65 Å². The van der Waals surface area contributed by atoms with E-state index in [1.54, 1.807) is 42.9 Å². The molecule has 0 saturated carbocycles. The molecule has 0 fully saturated rings. The van der Waals surface area contributed by atoms with Crippen LogP contribution in [-0.2, 0) is 21.1 Å². The molecule has 1 amide bonds. The van der Waals surface area contributed by atoms with Crippen LogP contribution in [0.1, 0.15) is 25.1 Å². The highest BCUT2D eigenvalue weighted by atomic mass is 32.2. The van der Waals surface area contributed by atoms with Crippen molar-refractivity contribution in [1.82, 2.24) is 14.6 Å². The van der Waals surface area contributed by atoms with Gasteiger partial charge in [-0.15, -0.1) is 0 Å². The average Bonchev–Trinajstić information content (AvgIpc) is 2.94. The van der Waals surface area contributed by atoms with E-state index in [4.69, 9.17) is 0 Å².